The van der Waals surface area contributed by atoms with E-state index in [9.17, 15) is 0 Å². The maximum absolute atomic E-state index is 7.19. The van der Waals surface area contributed by atoms with E-state index in [1.807, 2.05) is 24.3 Å². The lowest BCUT2D eigenvalue weighted by atomic mass is 9.87. The normalized spacial score (nSPS) is 12.2. The molecule has 2 aromatic heterocycles. The first-order chi connectivity index (χ1) is 25.7. The third-order valence-electron chi connectivity index (χ3n) is 9.97. The average molecular weight is 669 g/mol. The van der Waals surface area contributed by atoms with Gasteiger partial charge in [-0.1, -0.05) is 115 Å². The molecule has 0 fully saturated rings. The second-order valence-electron chi connectivity index (χ2n) is 13.0. The van der Waals surface area contributed by atoms with E-state index in [0.29, 0.717) is 5.69 Å². The molecule has 9 rings (SSSR count). The van der Waals surface area contributed by atoms with Crippen molar-refractivity contribution in [3.63, 3.8) is 0 Å². The molecule has 7 aromatic carbocycles. The molecule has 0 unspecified atom stereocenters. The van der Waals surface area contributed by atoms with E-state index < -0.39 is 0 Å². The fourth-order valence-electron chi connectivity index (χ4n) is 7.51. The Morgan fingerprint density at radius 3 is 1.79 bits per heavy atom. The zero-order valence-corrected chi connectivity index (χ0v) is 28.5. The molecule has 0 saturated heterocycles. The molecule has 4 heteroatoms. The van der Waals surface area contributed by atoms with Gasteiger partial charge in [-0.3, -0.25) is 0 Å². The van der Waals surface area contributed by atoms with Crippen LogP contribution in [0, 0.1) is 0 Å². The van der Waals surface area contributed by atoms with Crippen LogP contribution < -0.4 is 11.5 Å². The zero-order valence-electron chi connectivity index (χ0n) is 28.5. The Hall–Kier alpha value is -7.04. The van der Waals surface area contributed by atoms with Crippen LogP contribution in [0.15, 0.2) is 194 Å². The number of hydrogen-bond acceptors (Lipinski definition) is 2. The zero-order chi connectivity index (χ0) is 35.0. The van der Waals surface area contributed by atoms with Crippen LogP contribution in [0.25, 0.3) is 66.4 Å². The first-order valence-corrected chi connectivity index (χ1v) is 17.5. The van der Waals surface area contributed by atoms with E-state index in [1.165, 1.54) is 5.39 Å². The van der Waals surface area contributed by atoms with Crippen molar-refractivity contribution in [1.29, 1.82) is 0 Å². The number of anilines is 1. The Bertz CT molecular complexity index is 2770. The summed E-state index contributed by atoms with van der Waals surface area (Å²) in [4.78, 5) is 0. The number of allylic oxidation sites excluding steroid dienone is 2. The number of para-hydroxylation sites is 3. The predicted molar refractivity (Wildman–Crippen MR) is 220 cm³/mol. The monoisotopic (exact) mass is 668 g/mol. The van der Waals surface area contributed by atoms with E-state index in [0.717, 1.165) is 77.7 Å². The molecule has 0 radical (unpaired) electrons. The number of rotatable bonds is 7. The number of aromatic nitrogens is 2. The van der Waals surface area contributed by atoms with Gasteiger partial charge in [-0.05, 0) is 100 Å². The Kier molecular flexibility index (Phi) is 7.75. The Morgan fingerprint density at radius 2 is 1.10 bits per heavy atom. The molecule has 0 spiro atoms. The van der Waals surface area contributed by atoms with Gasteiger partial charge in [-0.25, -0.2) is 0 Å². The van der Waals surface area contributed by atoms with Gasteiger partial charge in [-0.2, -0.15) is 0 Å². The maximum Gasteiger partial charge on any atom is 0.0548 e. The van der Waals surface area contributed by atoms with Crippen molar-refractivity contribution in [2.75, 3.05) is 5.73 Å². The van der Waals surface area contributed by atoms with E-state index in [2.05, 4.69) is 173 Å². The van der Waals surface area contributed by atoms with Crippen LogP contribution in [-0.2, 0) is 0 Å². The molecule has 0 aliphatic carbocycles. The standard InChI is InChI=1S/C48H36N4/c49-32-36(33-15-5-1-6-16-33)28-40(34-17-7-2-8-18-34)41-27-35-25-26-51(37-19-9-3-10-20-37)47(35)30-42(41)43-31-48-44(29-45(43)50)39-23-13-14-24-46(39)52(48)38-21-11-4-12-22-38/h1-32H,49-50H2/b36-32+,40-28?. The van der Waals surface area contributed by atoms with Crippen molar-refractivity contribution in [2.24, 2.45) is 5.73 Å². The molecule has 0 saturated carbocycles. The van der Waals surface area contributed by atoms with Crippen molar-refractivity contribution < 1.29 is 0 Å². The SMILES string of the molecule is N/C=C(\C=C(c1ccccc1)c1cc2ccn(-c3ccccc3)c2cc1-c1cc2c(cc1N)c1ccccc1n2-c1ccccc1)c1ccccc1. The van der Waals surface area contributed by atoms with Crippen LogP contribution in [-0.4, -0.2) is 9.13 Å². The molecule has 0 bridgehead atoms. The van der Waals surface area contributed by atoms with Gasteiger partial charge in [0.05, 0.1) is 16.6 Å². The van der Waals surface area contributed by atoms with Crippen molar-refractivity contribution in [3.05, 3.63) is 211 Å². The predicted octanol–water partition coefficient (Wildman–Crippen LogP) is 11.4. The minimum atomic E-state index is 0.715. The molecule has 0 atom stereocenters. The second-order valence-corrected chi connectivity index (χ2v) is 13.0. The molecule has 4 nitrogen and oxygen atoms in total. The number of nitrogens with two attached hydrogens (primary N) is 2. The van der Waals surface area contributed by atoms with Crippen molar-refractivity contribution in [1.82, 2.24) is 9.13 Å². The molecule has 2 heterocycles. The molecule has 0 aliphatic rings. The quantitative estimate of drug-likeness (QED) is 0.131. The lowest BCUT2D eigenvalue weighted by Gasteiger charge is -2.19. The van der Waals surface area contributed by atoms with Gasteiger partial charge < -0.3 is 20.6 Å². The van der Waals surface area contributed by atoms with E-state index in [1.54, 1.807) is 6.20 Å². The van der Waals surface area contributed by atoms with Gasteiger partial charge in [0, 0.05) is 51.2 Å². The van der Waals surface area contributed by atoms with Gasteiger partial charge >= 0.3 is 0 Å². The number of benzene rings is 7. The van der Waals surface area contributed by atoms with E-state index in [4.69, 9.17) is 11.5 Å². The maximum atomic E-state index is 7.19. The molecule has 4 N–H and O–H groups in total. The summed E-state index contributed by atoms with van der Waals surface area (Å²) in [6.45, 7) is 0. The number of nitrogens with zero attached hydrogens (tertiary/aromatic N) is 2. The highest BCUT2D eigenvalue weighted by atomic mass is 15.0. The third kappa shape index (κ3) is 5.34. The van der Waals surface area contributed by atoms with E-state index >= 15 is 0 Å². The van der Waals surface area contributed by atoms with Crippen LogP contribution in [0.5, 0.6) is 0 Å². The van der Waals surface area contributed by atoms with Crippen LogP contribution in [0.3, 0.4) is 0 Å². The van der Waals surface area contributed by atoms with Crippen LogP contribution in [0.4, 0.5) is 5.69 Å². The fourth-order valence-corrected chi connectivity index (χ4v) is 7.51. The summed E-state index contributed by atoms with van der Waals surface area (Å²) in [6, 6.07) is 61.6. The van der Waals surface area contributed by atoms with Gasteiger partial charge in [-0.15, -0.1) is 0 Å². The van der Waals surface area contributed by atoms with Crippen molar-refractivity contribution in [2.45, 2.75) is 0 Å². The molecular weight excluding hydrogens is 633 g/mol. The summed E-state index contributed by atoms with van der Waals surface area (Å²) in [6.07, 6.45) is 6.05. The van der Waals surface area contributed by atoms with Gasteiger partial charge in [0.2, 0.25) is 0 Å². The summed E-state index contributed by atoms with van der Waals surface area (Å²) >= 11 is 0. The summed E-state index contributed by atoms with van der Waals surface area (Å²) in [7, 11) is 0. The smallest absolute Gasteiger partial charge is 0.0548 e. The topological polar surface area (TPSA) is 61.9 Å². The summed E-state index contributed by atoms with van der Waals surface area (Å²) in [5, 5.41) is 3.41. The largest absolute Gasteiger partial charge is 0.404 e. The molecule has 248 valence electrons. The summed E-state index contributed by atoms with van der Waals surface area (Å²) in [5.74, 6) is 0. The Labute approximate surface area is 302 Å². The number of nitrogen functional groups attached to an aromatic ring is 1. The molecule has 52 heavy (non-hydrogen) atoms. The minimum absolute atomic E-state index is 0.715. The summed E-state index contributed by atoms with van der Waals surface area (Å²) < 4.78 is 4.59. The second kappa shape index (κ2) is 13.0. The van der Waals surface area contributed by atoms with Crippen molar-refractivity contribution in [3.8, 4) is 22.5 Å². The molecular formula is C48H36N4. The third-order valence-corrected chi connectivity index (χ3v) is 9.97. The molecule has 0 amide bonds. The minimum Gasteiger partial charge on any atom is -0.404 e. The van der Waals surface area contributed by atoms with Gasteiger partial charge in [0.1, 0.15) is 0 Å². The highest BCUT2D eigenvalue weighted by Gasteiger charge is 2.21. The number of hydrogen-bond donors (Lipinski definition) is 2. The lowest BCUT2D eigenvalue weighted by Crippen LogP contribution is -2.00. The van der Waals surface area contributed by atoms with Crippen LogP contribution in [0.1, 0.15) is 16.7 Å². The molecule has 0 aliphatic heterocycles. The van der Waals surface area contributed by atoms with E-state index in [-0.39, 0.29) is 0 Å². The average Bonchev–Trinajstić information content (AvgIpc) is 3.77. The van der Waals surface area contributed by atoms with Crippen LogP contribution >= 0.6 is 0 Å². The van der Waals surface area contributed by atoms with Crippen LogP contribution in [0.2, 0.25) is 0 Å². The van der Waals surface area contributed by atoms with Gasteiger partial charge in [0.25, 0.3) is 0 Å². The highest BCUT2D eigenvalue weighted by molar-refractivity contribution is 6.13. The summed E-state index contributed by atoms with van der Waals surface area (Å²) in [5.41, 5.74) is 27.0. The number of fused-ring (bicyclic) bond motifs is 4. The first-order valence-electron chi connectivity index (χ1n) is 17.5. The highest BCUT2D eigenvalue weighted by Crippen LogP contribution is 2.43. The molecule has 9 aromatic rings. The Balaban J connectivity index is 1.38. The fraction of sp³-hybridized carbons (Fsp3) is 0. The van der Waals surface area contributed by atoms with Gasteiger partial charge in [0.15, 0.2) is 0 Å². The van der Waals surface area contributed by atoms with Crippen molar-refractivity contribution >= 4 is 49.5 Å². The first kappa shape index (κ1) is 31.0. The Morgan fingerprint density at radius 1 is 0.500 bits per heavy atom. The lowest BCUT2D eigenvalue weighted by molar-refractivity contribution is 1.13.